The molecule has 1 aliphatic carbocycles. The van der Waals surface area contributed by atoms with Crippen LogP contribution in [0.5, 0.6) is 0 Å². The summed E-state index contributed by atoms with van der Waals surface area (Å²) in [6.07, 6.45) is 9.60. The minimum atomic E-state index is -0.000339. The maximum atomic E-state index is 13.0. The van der Waals surface area contributed by atoms with Gasteiger partial charge in [-0.25, -0.2) is 4.98 Å². The molecule has 1 amide bonds. The molecule has 1 fully saturated rings. The van der Waals surface area contributed by atoms with Gasteiger partial charge in [0.25, 0.3) is 5.91 Å². The second kappa shape index (κ2) is 7.28. The molecule has 0 radical (unpaired) electrons. The number of carbonyl (C=O) groups excluding carboxylic acids is 1. The topological polar surface area (TPSA) is 59.8 Å². The van der Waals surface area contributed by atoms with Crippen molar-refractivity contribution in [1.29, 1.82) is 0 Å². The van der Waals surface area contributed by atoms with E-state index >= 15 is 0 Å². The normalized spacial score (nSPS) is 15.3. The van der Waals surface area contributed by atoms with Crippen LogP contribution in [0.3, 0.4) is 0 Å². The van der Waals surface area contributed by atoms with Crippen LogP contribution in [0.25, 0.3) is 22.2 Å². The first-order valence-corrected chi connectivity index (χ1v) is 9.48. The second-order valence-electron chi connectivity index (χ2n) is 6.97. The number of fused-ring (bicyclic) bond motifs is 1. The molecule has 134 valence electrons. The number of carbonyl (C=O) groups is 1. The molecule has 2 heterocycles. The van der Waals surface area contributed by atoms with E-state index in [1.54, 1.807) is 0 Å². The molecule has 0 spiro atoms. The van der Waals surface area contributed by atoms with E-state index < -0.39 is 0 Å². The van der Waals surface area contributed by atoms with Crippen molar-refractivity contribution in [3.63, 3.8) is 0 Å². The van der Waals surface area contributed by atoms with Crippen molar-refractivity contribution in [1.82, 2.24) is 20.1 Å². The summed E-state index contributed by atoms with van der Waals surface area (Å²) in [5, 5.41) is 8.47. The highest BCUT2D eigenvalue weighted by Gasteiger charge is 2.19. The molecule has 0 saturated heterocycles. The molecule has 1 saturated carbocycles. The van der Waals surface area contributed by atoms with Gasteiger partial charge in [0.2, 0.25) is 0 Å². The third kappa shape index (κ3) is 3.34. The van der Waals surface area contributed by atoms with Crippen molar-refractivity contribution in [2.24, 2.45) is 0 Å². The number of nitrogens with one attached hydrogen (secondary N) is 1. The average molecular weight is 348 g/mol. The number of aryl methyl sites for hydroxylation is 1. The number of amides is 1. The Morgan fingerprint density at radius 1 is 1.23 bits per heavy atom. The molecule has 1 aromatic carbocycles. The SMILES string of the molecule is CCn1cc(-c2cc(C(=O)NC3CCCCC3)c3ccccc3n2)cn1. The highest BCUT2D eigenvalue weighted by Crippen LogP contribution is 2.25. The number of benzene rings is 1. The number of aromatic nitrogens is 3. The lowest BCUT2D eigenvalue weighted by atomic mass is 9.95. The van der Waals surface area contributed by atoms with Crippen LogP contribution in [-0.4, -0.2) is 26.7 Å². The fourth-order valence-corrected chi connectivity index (χ4v) is 3.69. The molecular formula is C21H24N4O. The highest BCUT2D eigenvalue weighted by atomic mass is 16.1. The van der Waals surface area contributed by atoms with Crippen LogP contribution in [0.4, 0.5) is 0 Å². The van der Waals surface area contributed by atoms with Gasteiger partial charge in [0, 0.05) is 29.7 Å². The van der Waals surface area contributed by atoms with Crippen molar-refractivity contribution in [3.05, 3.63) is 48.3 Å². The monoisotopic (exact) mass is 348 g/mol. The molecule has 5 nitrogen and oxygen atoms in total. The Hall–Kier alpha value is -2.69. The van der Waals surface area contributed by atoms with Gasteiger partial charge in [-0.2, -0.15) is 5.10 Å². The molecule has 4 rings (SSSR count). The van der Waals surface area contributed by atoms with Gasteiger partial charge in [0.15, 0.2) is 0 Å². The minimum Gasteiger partial charge on any atom is -0.349 e. The first-order chi connectivity index (χ1) is 12.7. The van der Waals surface area contributed by atoms with Crippen molar-refractivity contribution in [3.8, 4) is 11.3 Å². The summed E-state index contributed by atoms with van der Waals surface area (Å²) in [5.41, 5.74) is 3.25. The summed E-state index contributed by atoms with van der Waals surface area (Å²) in [5.74, 6) is -0.000339. The van der Waals surface area contributed by atoms with Crippen LogP contribution in [0.15, 0.2) is 42.7 Å². The Morgan fingerprint density at radius 2 is 2.04 bits per heavy atom. The Balaban J connectivity index is 1.73. The van der Waals surface area contributed by atoms with E-state index in [9.17, 15) is 4.79 Å². The van der Waals surface area contributed by atoms with Gasteiger partial charge >= 0.3 is 0 Å². The largest absolute Gasteiger partial charge is 0.349 e. The first kappa shape index (κ1) is 16.8. The van der Waals surface area contributed by atoms with E-state index in [4.69, 9.17) is 4.98 Å². The van der Waals surface area contributed by atoms with Crippen molar-refractivity contribution in [2.75, 3.05) is 0 Å². The molecular weight excluding hydrogens is 324 g/mol. The maximum absolute atomic E-state index is 13.0. The lowest BCUT2D eigenvalue weighted by Crippen LogP contribution is -2.36. The molecule has 26 heavy (non-hydrogen) atoms. The summed E-state index contributed by atoms with van der Waals surface area (Å²) >= 11 is 0. The number of hydrogen-bond acceptors (Lipinski definition) is 3. The third-order valence-corrected chi connectivity index (χ3v) is 5.15. The lowest BCUT2D eigenvalue weighted by Gasteiger charge is -2.23. The summed E-state index contributed by atoms with van der Waals surface area (Å²) in [4.78, 5) is 17.8. The van der Waals surface area contributed by atoms with Crippen molar-refractivity contribution >= 4 is 16.8 Å². The Kier molecular flexibility index (Phi) is 4.69. The van der Waals surface area contributed by atoms with Crippen LogP contribution >= 0.6 is 0 Å². The zero-order valence-corrected chi connectivity index (χ0v) is 15.1. The van der Waals surface area contributed by atoms with Crippen LogP contribution in [0.1, 0.15) is 49.4 Å². The van der Waals surface area contributed by atoms with Gasteiger partial charge in [-0.3, -0.25) is 9.48 Å². The second-order valence-corrected chi connectivity index (χ2v) is 6.97. The molecule has 0 bridgehead atoms. The smallest absolute Gasteiger partial charge is 0.252 e. The third-order valence-electron chi connectivity index (χ3n) is 5.15. The van der Waals surface area contributed by atoms with E-state index in [0.717, 1.165) is 41.5 Å². The van der Waals surface area contributed by atoms with E-state index in [-0.39, 0.29) is 11.9 Å². The van der Waals surface area contributed by atoms with Crippen molar-refractivity contribution in [2.45, 2.75) is 51.6 Å². The molecule has 5 heteroatoms. The van der Waals surface area contributed by atoms with Gasteiger partial charge in [0.1, 0.15) is 0 Å². The molecule has 0 unspecified atom stereocenters. The van der Waals surface area contributed by atoms with Gasteiger partial charge in [-0.1, -0.05) is 37.5 Å². The van der Waals surface area contributed by atoms with E-state index in [2.05, 4.69) is 10.4 Å². The summed E-state index contributed by atoms with van der Waals surface area (Å²) in [6, 6.07) is 10.0. The summed E-state index contributed by atoms with van der Waals surface area (Å²) in [7, 11) is 0. The molecule has 3 aromatic rings. The number of rotatable bonds is 4. The number of pyridine rings is 1. The minimum absolute atomic E-state index is 0.000339. The van der Waals surface area contributed by atoms with E-state index in [1.807, 2.05) is 54.3 Å². The molecule has 2 aromatic heterocycles. The van der Waals surface area contributed by atoms with Gasteiger partial charge < -0.3 is 5.32 Å². The molecule has 1 aliphatic rings. The van der Waals surface area contributed by atoms with Crippen LogP contribution < -0.4 is 5.32 Å². The maximum Gasteiger partial charge on any atom is 0.252 e. The molecule has 1 N–H and O–H groups in total. The predicted molar refractivity (Wildman–Crippen MR) is 103 cm³/mol. The summed E-state index contributed by atoms with van der Waals surface area (Å²) in [6.45, 7) is 2.86. The first-order valence-electron chi connectivity index (χ1n) is 9.48. The van der Waals surface area contributed by atoms with Crippen LogP contribution in [-0.2, 0) is 6.54 Å². The van der Waals surface area contributed by atoms with Gasteiger partial charge in [0.05, 0.1) is 23.0 Å². The highest BCUT2D eigenvalue weighted by molar-refractivity contribution is 6.07. The molecule has 0 atom stereocenters. The Labute approximate surface area is 153 Å². The zero-order valence-electron chi connectivity index (χ0n) is 15.1. The number of nitrogens with zero attached hydrogens (tertiary/aromatic N) is 3. The van der Waals surface area contributed by atoms with Crippen LogP contribution in [0, 0.1) is 0 Å². The Bertz CT molecular complexity index is 925. The quantitative estimate of drug-likeness (QED) is 0.769. The fourth-order valence-electron chi connectivity index (χ4n) is 3.69. The van der Waals surface area contributed by atoms with Crippen LogP contribution in [0.2, 0.25) is 0 Å². The zero-order chi connectivity index (χ0) is 17.9. The van der Waals surface area contributed by atoms with Gasteiger partial charge in [-0.15, -0.1) is 0 Å². The summed E-state index contributed by atoms with van der Waals surface area (Å²) < 4.78 is 1.87. The fraction of sp³-hybridized carbons (Fsp3) is 0.381. The predicted octanol–water partition coefficient (Wildman–Crippen LogP) is 4.18. The van der Waals surface area contributed by atoms with Crippen molar-refractivity contribution < 1.29 is 4.79 Å². The van der Waals surface area contributed by atoms with E-state index in [1.165, 1.54) is 19.3 Å². The number of para-hydroxylation sites is 1. The average Bonchev–Trinajstić information content (AvgIpc) is 3.17. The van der Waals surface area contributed by atoms with E-state index in [0.29, 0.717) is 5.56 Å². The standard InChI is InChI=1S/C21H24N4O/c1-2-25-14-15(13-22-25)20-12-18(17-10-6-7-11-19(17)24-20)21(26)23-16-8-4-3-5-9-16/h6-7,10-14,16H,2-5,8-9H2,1H3,(H,23,26). The lowest BCUT2D eigenvalue weighted by molar-refractivity contribution is 0.0929. The molecule has 0 aliphatic heterocycles. The van der Waals surface area contributed by atoms with Gasteiger partial charge in [-0.05, 0) is 31.9 Å². The Morgan fingerprint density at radius 3 is 2.81 bits per heavy atom. The number of hydrogen-bond donors (Lipinski definition) is 1.